The molecule has 2 amide bonds. The van der Waals surface area contributed by atoms with Crippen LogP contribution in [-0.2, 0) is 32.8 Å². The lowest BCUT2D eigenvalue weighted by Crippen LogP contribution is -2.44. The van der Waals surface area contributed by atoms with Crippen molar-refractivity contribution in [2.45, 2.75) is 38.3 Å². The predicted molar refractivity (Wildman–Crippen MR) is 123 cm³/mol. The topological polar surface area (TPSA) is 99.4 Å². The van der Waals surface area contributed by atoms with Gasteiger partial charge in [0.2, 0.25) is 11.8 Å². The van der Waals surface area contributed by atoms with Crippen LogP contribution in [0, 0.1) is 0 Å². The van der Waals surface area contributed by atoms with Gasteiger partial charge in [-0.05, 0) is 36.1 Å². The van der Waals surface area contributed by atoms with Gasteiger partial charge in [-0.25, -0.2) is 4.79 Å². The number of carbonyl (C=O) groups excluding carboxylic acids is 3. The number of allylic oxidation sites excluding steroid dienone is 1. The van der Waals surface area contributed by atoms with E-state index in [4.69, 9.17) is 4.74 Å². The Morgan fingerprint density at radius 2 is 1.91 bits per heavy atom. The van der Waals surface area contributed by atoms with Gasteiger partial charge >= 0.3 is 11.7 Å². The van der Waals surface area contributed by atoms with E-state index in [0.29, 0.717) is 23.9 Å². The molecule has 33 heavy (non-hydrogen) atoms. The van der Waals surface area contributed by atoms with Crippen LogP contribution in [0.1, 0.15) is 42.9 Å². The van der Waals surface area contributed by atoms with Gasteiger partial charge in [0.05, 0.1) is 11.0 Å². The molecule has 1 N–H and O–H groups in total. The zero-order valence-electron chi connectivity index (χ0n) is 18.3. The fraction of sp³-hybridized carbons (Fsp3) is 0.280. The molecule has 4 rings (SSSR count). The number of imidazole rings is 1. The SMILES string of the molecule is Cn1c(=O)n(C2CCC(=O)NC2=O)c2ccc(/C=C/CCC(=O)OCc3ccccc3)cc21. The number of esters is 1. The number of fused-ring (bicyclic) bond motifs is 1. The zero-order valence-corrected chi connectivity index (χ0v) is 18.3. The molecule has 1 aromatic heterocycles. The fourth-order valence-corrected chi connectivity index (χ4v) is 3.94. The molecule has 0 bridgehead atoms. The van der Waals surface area contributed by atoms with Crippen molar-refractivity contribution in [1.29, 1.82) is 0 Å². The molecule has 1 fully saturated rings. The number of hydrogen-bond donors (Lipinski definition) is 1. The molecule has 1 saturated heterocycles. The molecule has 3 aromatic rings. The maximum Gasteiger partial charge on any atom is 0.329 e. The zero-order chi connectivity index (χ0) is 23.4. The summed E-state index contributed by atoms with van der Waals surface area (Å²) in [6.45, 7) is 0.262. The van der Waals surface area contributed by atoms with E-state index in [1.54, 1.807) is 13.1 Å². The molecule has 0 radical (unpaired) electrons. The highest BCUT2D eigenvalue weighted by Crippen LogP contribution is 2.24. The van der Waals surface area contributed by atoms with Gasteiger partial charge in [-0.3, -0.25) is 28.8 Å². The lowest BCUT2D eigenvalue weighted by Gasteiger charge is -2.21. The van der Waals surface area contributed by atoms with Gasteiger partial charge in [-0.2, -0.15) is 0 Å². The Hall–Kier alpha value is -3.94. The predicted octanol–water partition coefficient (Wildman–Crippen LogP) is 2.85. The third-order valence-corrected chi connectivity index (χ3v) is 5.70. The van der Waals surface area contributed by atoms with Crippen molar-refractivity contribution in [3.63, 3.8) is 0 Å². The van der Waals surface area contributed by atoms with Crippen molar-refractivity contribution in [3.05, 3.63) is 76.2 Å². The van der Waals surface area contributed by atoms with E-state index in [2.05, 4.69) is 5.32 Å². The van der Waals surface area contributed by atoms with E-state index >= 15 is 0 Å². The molecule has 0 spiro atoms. The first-order chi connectivity index (χ1) is 15.9. The fourth-order valence-electron chi connectivity index (χ4n) is 3.94. The van der Waals surface area contributed by atoms with Gasteiger partial charge in [0.1, 0.15) is 12.6 Å². The van der Waals surface area contributed by atoms with Crippen LogP contribution in [0.3, 0.4) is 0 Å². The van der Waals surface area contributed by atoms with Gasteiger partial charge in [-0.15, -0.1) is 0 Å². The second kappa shape index (κ2) is 9.68. The van der Waals surface area contributed by atoms with E-state index in [-0.39, 0.29) is 37.0 Å². The highest BCUT2D eigenvalue weighted by molar-refractivity contribution is 6.00. The number of aromatic nitrogens is 2. The highest BCUT2D eigenvalue weighted by Gasteiger charge is 2.31. The first-order valence-electron chi connectivity index (χ1n) is 10.8. The second-order valence-electron chi connectivity index (χ2n) is 8.01. The van der Waals surface area contributed by atoms with Crippen LogP contribution in [0.5, 0.6) is 0 Å². The first kappa shape index (κ1) is 22.3. The van der Waals surface area contributed by atoms with Gasteiger partial charge in [0, 0.05) is 19.9 Å². The third kappa shape index (κ3) is 4.95. The molecular formula is C25H25N3O5. The number of benzene rings is 2. The van der Waals surface area contributed by atoms with Gasteiger partial charge in [0.15, 0.2) is 0 Å². The minimum atomic E-state index is -0.706. The number of piperidine rings is 1. The minimum absolute atomic E-state index is 0.202. The Balaban J connectivity index is 1.41. The Kier molecular flexibility index (Phi) is 6.53. The summed E-state index contributed by atoms with van der Waals surface area (Å²) in [6, 6.07) is 14.3. The van der Waals surface area contributed by atoms with E-state index < -0.39 is 11.9 Å². The largest absolute Gasteiger partial charge is 0.461 e. The van der Waals surface area contributed by atoms with Crippen LogP contribution >= 0.6 is 0 Å². The number of carbonyl (C=O) groups is 3. The van der Waals surface area contributed by atoms with Crippen LogP contribution in [0.4, 0.5) is 0 Å². The summed E-state index contributed by atoms with van der Waals surface area (Å²) in [6.07, 6.45) is 5.08. The number of nitrogens with zero attached hydrogens (tertiary/aromatic N) is 2. The van der Waals surface area contributed by atoms with E-state index in [9.17, 15) is 19.2 Å². The number of rotatable bonds is 7. The number of amides is 2. The quantitative estimate of drug-likeness (QED) is 0.444. The third-order valence-electron chi connectivity index (χ3n) is 5.70. The summed E-state index contributed by atoms with van der Waals surface area (Å²) in [5.74, 6) is -1.03. The number of ether oxygens (including phenoxy) is 1. The summed E-state index contributed by atoms with van der Waals surface area (Å²) in [4.78, 5) is 48.5. The smallest absolute Gasteiger partial charge is 0.329 e. The maximum absolute atomic E-state index is 12.8. The second-order valence-corrected chi connectivity index (χ2v) is 8.01. The maximum atomic E-state index is 12.8. The van der Waals surface area contributed by atoms with Gasteiger partial charge in [0.25, 0.3) is 0 Å². The standard InChI is InChI=1S/C25H25N3O5/c1-27-21-15-17(7-5-6-10-23(30)33-16-18-8-3-2-4-9-18)11-12-19(21)28(25(27)32)20-13-14-22(29)26-24(20)31/h2-5,7-9,11-12,15,20H,6,10,13-14,16H2,1H3,(H,26,29,31)/b7-5+. The Labute approximate surface area is 190 Å². The summed E-state index contributed by atoms with van der Waals surface area (Å²) in [5.41, 5.74) is 2.84. The normalized spacial score (nSPS) is 16.3. The summed E-state index contributed by atoms with van der Waals surface area (Å²) in [5, 5.41) is 2.31. The van der Waals surface area contributed by atoms with Crippen molar-refractivity contribution < 1.29 is 19.1 Å². The molecule has 0 aliphatic carbocycles. The summed E-state index contributed by atoms with van der Waals surface area (Å²) in [7, 11) is 1.66. The van der Waals surface area contributed by atoms with Crippen LogP contribution in [0.15, 0.2) is 59.4 Å². The number of imide groups is 1. The average Bonchev–Trinajstić information content (AvgIpc) is 3.06. The van der Waals surface area contributed by atoms with Gasteiger partial charge < -0.3 is 4.74 Å². The molecule has 0 saturated carbocycles. The number of nitrogens with one attached hydrogen (secondary N) is 1. The Morgan fingerprint density at radius 3 is 2.67 bits per heavy atom. The van der Waals surface area contributed by atoms with Crippen LogP contribution in [0.2, 0.25) is 0 Å². The summed E-state index contributed by atoms with van der Waals surface area (Å²) < 4.78 is 8.22. The van der Waals surface area contributed by atoms with Crippen molar-refractivity contribution in [1.82, 2.24) is 14.5 Å². The van der Waals surface area contributed by atoms with E-state index in [1.807, 2.05) is 54.6 Å². The van der Waals surface area contributed by atoms with Crippen molar-refractivity contribution in [3.8, 4) is 0 Å². The highest BCUT2D eigenvalue weighted by atomic mass is 16.5. The monoisotopic (exact) mass is 447 g/mol. The molecule has 170 valence electrons. The molecule has 2 aromatic carbocycles. The molecule has 1 aliphatic heterocycles. The lowest BCUT2D eigenvalue weighted by molar-refractivity contribution is -0.145. The molecule has 8 nitrogen and oxygen atoms in total. The minimum Gasteiger partial charge on any atom is -0.461 e. The van der Waals surface area contributed by atoms with E-state index in [1.165, 1.54) is 9.13 Å². The number of aryl methyl sites for hydroxylation is 1. The molecule has 2 heterocycles. The van der Waals surface area contributed by atoms with Crippen molar-refractivity contribution in [2.75, 3.05) is 0 Å². The van der Waals surface area contributed by atoms with Gasteiger partial charge in [-0.1, -0.05) is 48.6 Å². The molecular weight excluding hydrogens is 422 g/mol. The van der Waals surface area contributed by atoms with Crippen molar-refractivity contribution >= 4 is 34.9 Å². The summed E-state index contributed by atoms with van der Waals surface area (Å²) >= 11 is 0. The molecule has 1 unspecified atom stereocenters. The molecule has 8 heteroatoms. The van der Waals surface area contributed by atoms with Crippen LogP contribution in [0.25, 0.3) is 17.1 Å². The van der Waals surface area contributed by atoms with E-state index in [0.717, 1.165) is 11.1 Å². The Bertz CT molecular complexity index is 1290. The lowest BCUT2D eigenvalue weighted by atomic mass is 10.1. The first-order valence-corrected chi connectivity index (χ1v) is 10.8. The molecule has 1 atom stereocenters. The molecule has 1 aliphatic rings. The van der Waals surface area contributed by atoms with Crippen LogP contribution < -0.4 is 11.0 Å². The Morgan fingerprint density at radius 1 is 1.12 bits per heavy atom. The average molecular weight is 447 g/mol. The van der Waals surface area contributed by atoms with Crippen molar-refractivity contribution in [2.24, 2.45) is 7.05 Å². The number of hydrogen-bond acceptors (Lipinski definition) is 5. The van der Waals surface area contributed by atoms with Crippen LogP contribution in [-0.4, -0.2) is 26.9 Å².